The van der Waals surface area contributed by atoms with Crippen molar-refractivity contribution in [3.8, 4) is 0 Å². The van der Waals surface area contributed by atoms with Crippen molar-refractivity contribution in [3.05, 3.63) is 53.7 Å². The van der Waals surface area contributed by atoms with Gasteiger partial charge in [0, 0.05) is 55.2 Å². The highest BCUT2D eigenvalue weighted by Crippen LogP contribution is 2.41. The molecule has 2 aromatic rings. The Hall–Kier alpha value is -2.69. The molecule has 0 bridgehead atoms. The van der Waals surface area contributed by atoms with Gasteiger partial charge in [-0.05, 0) is 44.9 Å². The largest absolute Gasteiger partial charge is 0.339 e. The first-order chi connectivity index (χ1) is 13.5. The SMILES string of the molecule is CC(C)=CCN1CC2(CCN(C(=O)c3ccc4cccnc4c3)CC2)CC1=O. The average Bonchev–Trinajstić information content (AvgIpc) is 3.01. The van der Waals surface area contributed by atoms with Crippen LogP contribution in [0.4, 0.5) is 0 Å². The molecule has 0 unspecified atom stereocenters. The highest BCUT2D eigenvalue weighted by Gasteiger charge is 2.45. The fourth-order valence-corrected chi connectivity index (χ4v) is 4.34. The molecule has 1 aromatic carbocycles. The summed E-state index contributed by atoms with van der Waals surface area (Å²) in [7, 11) is 0. The quantitative estimate of drug-likeness (QED) is 0.767. The number of rotatable bonds is 3. The molecular formula is C23H27N3O2. The molecule has 1 aromatic heterocycles. The highest BCUT2D eigenvalue weighted by molar-refractivity contribution is 5.97. The molecule has 2 aliphatic rings. The maximum Gasteiger partial charge on any atom is 0.253 e. The molecule has 3 heterocycles. The van der Waals surface area contributed by atoms with Gasteiger partial charge in [-0.15, -0.1) is 0 Å². The summed E-state index contributed by atoms with van der Waals surface area (Å²) >= 11 is 0. The first-order valence-electron chi connectivity index (χ1n) is 10.0. The van der Waals surface area contributed by atoms with Crippen molar-refractivity contribution in [1.29, 1.82) is 0 Å². The van der Waals surface area contributed by atoms with Gasteiger partial charge in [-0.3, -0.25) is 14.6 Å². The van der Waals surface area contributed by atoms with Crippen molar-refractivity contribution in [2.45, 2.75) is 33.1 Å². The third-order valence-electron chi connectivity index (χ3n) is 6.09. The molecule has 2 saturated heterocycles. The van der Waals surface area contributed by atoms with E-state index in [1.165, 1.54) is 5.57 Å². The van der Waals surface area contributed by atoms with Gasteiger partial charge in [-0.25, -0.2) is 0 Å². The van der Waals surface area contributed by atoms with Gasteiger partial charge < -0.3 is 9.80 Å². The van der Waals surface area contributed by atoms with Crippen molar-refractivity contribution < 1.29 is 9.59 Å². The fourth-order valence-electron chi connectivity index (χ4n) is 4.34. The summed E-state index contributed by atoms with van der Waals surface area (Å²) in [6, 6.07) is 9.62. The average molecular weight is 377 g/mol. The summed E-state index contributed by atoms with van der Waals surface area (Å²) < 4.78 is 0. The van der Waals surface area contributed by atoms with Gasteiger partial charge in [0.05, 0.1) is 5.52 Å². The van der Waals surface area contributed by atoms with E-state index < -0.39 is 0 Å². The number of likely N-dealkylation sites (tertiary alicyclic amines) is 2. The number of amides is 2. The van der Waals surface area contributed by atoms with Crippen LogP contribution in [0.25, 0.3) is 10.9 Å². The molecule has 0 radical (unpaired) electrons. The zero-order valence-corrected chi connectivity index (χ0v) is 16.6. The molecule has 2 fully saturated rings. The molecule has 1 spiro atoms. The van der Waals surface area contributed by atoms with Crippen LogP contribution in [0.5, 0.6) is 0 Å². The molecule has 4 rings (SSSR count). The lowest BCUT2D eigenvalue weighted by Crippen LogP contribution is -2.44. The second-order valence-electron chi connectivity index (χ2n) is 8.44. The van der Waals surface area contributed by atoms with Gasteiger partial charge >= 0.3 is 0 Å². The summed E-state index contributed by atoms with van der Waals surface area (Å²) in [6.45, 7) is 7.06. The van der Waals surface area contributed by atoms with E-state index in [1.54, 1.807) is 6.20 Å². The van der Waals surface area contributed by atoms with Crippen LogP contribution in [-0.2, 0) is 4.79 Å². The number of carbonyl (C=O) groups is 2. The van der Waals surface area contributed by atoms with Crippen molar-refractivity contribution >= 4 is 22.7 Å². The molecule has 0 N–H and O–H groups in total. The lowest BCUT2D eigenvalue weighted by atomic mass is 9.77. The van der Waals surface area contributed by atoms with Gasteiger partial charge in [0.1, 0.15) is 0 Å². The van der Waals surface area contributed by atoms with Crippen LogP contribution in [0.2, 0.25) is 0 Å². The summed E-state index contributed by atoms with van der Waals surface area (Å²) in [4.78, 5) is 33.7. The van der Waals surface area contributed by atoms with Crippen LogP contribution < -0.4 is 0 Å². The van der Waals surface area contributed by atoms with Crippen molar-refractivity contribution in [1.82, 2.24) is 14.8 Å². The number of hydrogen-bond donors (Lipinski definition) is 0. The van der Waals surface area contributed by atoms with Crippen LogP contribution in [0.15, 0.2) is 48.2 Å². The van der Waals surface area contributed by atoms with Crippen LogP contribution >= 0.6 is 0 Å². The number of piperidine rings is 1. The summed E-state index contributed by atoms with van der Waals surface area (Å²) in [5.74, 6) is 0.311. The predicted molar refractivity (Wildman–Crippen MR) is 110 cm³/mol. The number of nitrogens with zero attached hydrogens (tertiary/aromatic N) is 3. The zero-order valence-electron chi connectivity index (χ0n) is 16.6. The Labute approximate surface area is 166 Å². The number of hydrogen-bond acceptors (Lipinski definition) is 3. The number of allylic oxidation sites excluding steroid dienone is 1. The van der Waals surface area contributed by atoms with Gasteiger partial charge in [-0.2, -0.15) is 0 Å². The maximum atomic E-state index is 13.0. The molecule has 146 valence electrons. The molecule has 28 heavy (non-hydrogen) atoms. The predicted octanol–water partition coefficient (Wildman–Crippen LogP) is 3.66. The molecule has 5 heteroatoms. The third kappa shape index (κ3) is 3.66. The highest BCUT2D eigenvalue weighted by atomic mass is 16.2. The Morgan fingerprint density at radius 1 is 1.21 bits per heavy atom. The summed E-state index contributed by atoms with van der Waals surface area (Å²) in [5, 5.41) is 1.04. The van der Waals surface area contributed by atoms with Crippen molar-refractivity contribution in [2.75, 3.05) is 26.2 Å². The molecule has 0 aliphatic carbocycles. The maximum absolute atomic E-state index is 13.0. The van der Waals surface area contributed by atoms with Gasteiger partial charge in [0.2, 0.25) is 5.91 Å². The molecular weight excluding hydrogens is 350 g/mol. The van der Waals surface area contributed by atoms with Crippen molar-refractivity contribution in [2.24, 2.45) is 5.41 Å². The van der Waals surface area contributed by atoms with E-state index in [0.29, 0.717) is 31.6 Å². The first kappa shape index (κ1) is 18.7. The molecule has 2 amide bonds. The Bertz CT molecular complexity index is 938. The normalized spacial score (nSPS) is 18.7. The van der Waals surface area contributed by atoms with E-state index in [-0.39, 0.29) is 17.2 Å². The fraction of sp³-hybridized carbons (Fsp3) is 0.435. The third-order valence-corrected chi connectivity index (χ3v) is 6.09. The van der Waals surface area contributed by atoms with E-state index in [2.05, 4.69) is 24.9 Å². The van der Waals surface area contributed by atoms with E-state index in [1.807, 2.05) is 40.1 Å². The van der Waals surface area contributed by atoms with Gasteiger partial charge in [-0.1, -0.05) is 23.8 Å². The Morgan fingerprint density at radius 2 is 2.00 bits per heavy atom. The van der Waals surface area contributed by atoms with Crippen LogP contribution in [0.1, 0.15) is 43.5 Å². The Balaban J connectivity index is 1.41. The van der Waals surface area contributed by atoms with E-state index in [9.17, 15) is 9.59 Å². The minimum Gasteiger partial charge on any atom is -0.339 e. The summed E-state index contributed by atoms with van der Waals surface area (Å²) in [6.07, 6.45) is 6.26. The lowest BCUT2D eigenvalue weighted by Gasteiger charge is -2.38. The zero-order chi connectivity index (χ0) is 19.7. The molecule has 2 aliphatic heterocycles. The topological polar surface area (TPSA) is 53.5 Å². The number of fused-ring (bicyclic) bond motifs is 1. The Kier molecular flexibility index (Phi) is 4.92. The van der Waals surface area contributed by atoms with E-state index in [4.69, 9.17) is 0 Å². The monoisotopic (exact) mass is 377 g/mol. The standard InChI is InChI=1S/C23H27N3O2/c1-17(2)7-11-26-16-23(15-21(26)27)8-12-25(13-9-23)22(28)19-6-5-18-4-3-10-24-20(18)14-19/h3-7,10,14H,8-9,11-13,15-16H2,1-2H3. The van der Waals surface area contributed by atoms with Gasteiger partial charge in [0.15, 0.2) is 0 Å². The first-order valence-corrected chi connectivity index (χ1v) is 10.0. The second-order valence-corrected chi connectivity index (χ2v) is 8.44. The number of benzene rings is 1. The number of carbonyl (C=O) groups excluding carboxylic acids is 2. The second kappa shape index (κ2) is 7.38. The van der Waals surface area contributed by atoms with Gasteiger partial charge in [0.25, 0.3) is 5.91 Å². The summed E-state index contributed by atoms with van der Waals surface area (Å²) in [5.41, 5.74) is 2.81. The van der Waals surface area contributed by atoms with E-state index in [0.717, 1.165) is 30.3 Å². The van der Waals surface area contributed by atoms with Crippen molar-refractivity contribution in [3.63, 3.8) is 0 Å². The number of aromatic nitrogens is 1. The minimum atomic E-state index is 0.0360. The van der Waals surface area contributed by atoms with Crippen LogP contribution in [0.3, 0.4) is 0 Å². The smallest absolute Gasteiger partial charge is 0.253 e. The lowest BCUT2D eigenvalue weighted by molar-refractivity contribution is -0.127. The number of pyridine rings is 1. The molecule has 0 atom stereocenters. The Morgan fingerprint density at radius 3 is 2.75 bits per heavy atom. The molecule has 5 nitrogen and oxygen atoms in total. The van der Waals surface area contributed by atoms with Crippen LogP contribution in [-0.4, -0.2) is 52.8 Å². The molecule has 0 saturated carbocycles. The minimum absolute atomic E-state index is 0.0360. The van der Waals surface area contributed by atoms with Crippen LogP contribution in [0, 0.1) is 5.41 Å². The van der Waals surface area contributed by atoms with E-state index >= 15 is 0 Å².